The molecule has 5 aromatic carbocycles. The van der Waals surface area contributed by atoms with E-state index in [1.807, 2.05) is 84.1 Å². The number of nitrogens with one attached hydrogen (secondary N) is 1. The van der Waals surface area contributed by atoms with E-state index in [9.17, 15) is 49.5 Å². The van der Waals surface area contributed by atoms with E-state index in [1.165, 1.54) is 39.8 Å². The maximum absolute atomic E-state index is 12.4. The van der Waals surface area contributed by atoms with Gasteiger partial charge >= 0.3 is 54.7 Å². The van der Waals surface area contributed by atoms with Crippen molar-refractivity contribution in [3.8, 4) is 11.5 Å². The number of halogens is 6. The fraction of sp³-hybridized carbons (Fsp3) is 0.373. The zero-order valence-corrected chi connectivity index (χ0v) is 66.3. The summed E-state index contributed by atoms with van der Waals surface area (Å²) in [6.07, 6.45) is 0.350. The number of hydrogen-bond donors (Lipinski definition) is 4. The number of aromatic nitrogens is 3. The minimum absolute atomic E-state index is 0. The number of aromatic hydroxyl groups is 1. The van der Waals surface area contributed by atoms with E-state index >= 15 is 0 Å². The number of nitro benzene ring substituents is 2. The van der Waals surface area contributed by atoms with Gasteiger partial charge in [0.15, 0.2) is 0 Å². The van der Waals surface area contributed by atoms with Gasteiger partial charge in [-0.1, -0.05) is 78.8 Å². The molecule has 8 aromatic rings. The first-order chi connectivity index (χ1) is 43.8. The second kappa shape index (κ2) is 38.3. The molecule has 0 radical (unpaired) electrons. The Hall–Kier alpha value is -6.56. The molecule has 4 N–H and O–H groups in total. The maximum atomic E-state index is 12.4. The van der Waals surface area contributed by atoms with Crippen LogP contribution in [0.4, 0.5) is 30.6 Å². The Bertz CT molecular complexity index is 4030. The molecule has 0 fully saturated rings. The molecular formula is C67H84BBrCl5MgN5O17Si. The zero-order valence-electron chi connectivity index (χ0n) is 58.5. The number of ether oxygens (including phenoxy) is 5. The Labute approximate surface area is 624 Å². The molecule has 98 heavy (non-hydrogen) atoms. The zero-order chi connectivity index (χ0) is 74.1. The summed E-state index contributed by atoms with van der Waals surface area (Å²) >= 11 is 29.7. The third-order valence-corrected chi connectivity index (χ3v) is 18.3. The van der Waals surface area contributed by atoms with E-state index in [2.05, 4.69) is 62.8 Å². The summed E-state index contributed by atoms with van der Waals surface area (Å²) in [6.45, 7) is 44.2. The van der Waals surface area contributed by atoms with Crippen LogP contribution in [0.1, 0.15) is 121 Å². The van der Waals surface area contributed by atoms with Gasteiger partial charge < -0.3 is 71.8 Å². The van der Waals surface area contributed by atoms with Gasteiger partial charge in [-0.25, -0.2) is 19.2 Å². The molecule has 31 heteroatoms. The number of nitro groups is 2. The van der Waals surface area contributed by atoms with Gasteiger partial charge in [-0.15, -0.1) is 0 Å². The summed E-state index contributed by atoms with van der Waals surface area (Å²) in [5.41, 5.74) is 2.39. The third-order valence-electron chi connectivity index (χ3n) is 12.5. The first-order valence-corrected chi connectivity index (χ1v) is 34.0. The van der Waals surface area contributed by atoms with Crippen molar-refractivity contribution < 1.29 is 89.3 Å². The van der Waals surface area contributed by atoms with Crippen molar-refractivity contribution in [2.45, 2.75) is 165 Å². The molecule has 0 spiro atoms. The summed E-state index contributed by atoms with van der Waals surface area (Å²) in [5.74, 6) is 0.512. The molecule has 0 bridgehead atoms. The fourth-order valence-corrected chi connectivity index (χ4v) is 10.2. The van der Waals surface area contributed by atoms with E-state index in [-0.39, 0.29) is 77.8 Å². The van der Waals surface area contributed by atoms with Crippen LogP contribution in [-0.2, 0) is 23.7 Å². The van der Waals surface area contributed by atoms with Gasteiger partial charge in [0.05, 0.1) is 47.1 Å². The van der Waals surface area contributed by atoms with Crippen LogP contribution in [0.15, 0.2) is 110 Å². The van der Waals surface area contributed by atoms with E-state index < -0.39 is 72.2 Å². The number of rotatable bonds is 5. The van der Waals surface area contributed by atoms with Gasteiger partial charge in [-0.05, 0) is 205 Å². The number of nitrogens with zero attached hydrogens (tertiary/aromatic N) is 4. The minimum Gasteiger partial charge on any atom is -1.00 e. The molecule has 0 saturated heterocycles. The van der Waals surface area contributed by atoms with Gasteiger partial charge in [-0.3, -0.25) is 35.9 Å². The van der Waals surface area contributed by atoms with Crippen LogP contribution in [-0.4, -0.2) is 125 Å². The van der Waals surface area contributed by atoms with Crippen molar-refractivity contribution in [2.24, 2.45) is 0 Å². The Balaban J connectivity index is 0.00000116. The number of phenolic OH excluding ortho intramolecular Hbond substituents is 1. The number of hydrogen-bond acceptors (Lipinski definition) is 17. The molecule has 0 aliphatic rings. The van der Waals surface area contributed by atoms with Crippen molar-refractivity contribution in [3.05, 3.63) is 179 Å². The molecule has 0 aliphatic heterocycles. The van der Waals surface area contributed by atoms with Gasteiger partial charge in [0.25, 0.3) is 11.4 Å². The predicted molar refractivity (Wildman–Crippen MR) is 389 cm³/mol. The molecule has 0 aliphatic carbocycles. The Morgan fingerprint density at radius 1 is 0.561 bits per heavy atom. The summed E-state index contributed by atoms with van der Waals surface area (Å²) in [6, 6.07) is 24.8. The summed E-state index contributed by atoms with van der Waals surface area (Å²) in [7, 11) is -3.75. The topological polar surface area (TPSA) is 296 Å². The van der Waals surface area contributed by atoms with Crippen LogP contribution < -0.4 is 27.0 Å². The van der Waals surface area contributed by atoms with Gasteiger partial charge in [0.2, 0.25) is 8.32 Å². The van der Waals surface area contributed by atoms with Crippen LogP contribution in [0, 0.1) is 47.6 Å². The fourth-order valence-electron chi connectivity index (χ4n) is 7.66. The van der Waals surface area contributed by atoms with Crippen LogP contribution >= 0.6 is 58.0 Å². The Morgan fingerprint density at radius 2 is 0.980 bits per heavy atom. The molecule has 3 heterocycles. The molecule has 8 rings (SSSR count). The van der Waals surface area contributed by atoms with Crippen molar-refractivity contribution in [2.75, 3.05) is 0 Å². The number of H-pyrrole nitrogens is 1. The second-order valence-corrected chi connectivity index (χ2v) is 33.4. The number of carbonyl (C=O) groups excluding carboxylic acids is 4. The first-order valence-electron chi connectivity index (χ1n) is 29.3. The SMILES string of the molecule is CC(C)(C)OC(=O)OC(=O)OC(C)(C)C.CC(C)(C)[Si](C)(C)Oc1ccc([N+](=O)[O-])c(Cl)c1.Cc1cc(Cl)c2[nH]ccc2c1.Cc1cc(Cl)c2c(c1)cc(B(O)O)n2C(=O)OC(C)(C)C.Cc1cc(Cl)c2c(ccn2C(=O)OC(C)(C)C)c1.O=[N+]([O-])c1ccc(O)cc1Cl.[Br-].[CH-]=C.[Mg+2]. The van der Waals surface area contributed by atoms with Crippen LogP contribution in [0.5, 0.6) is 11.5 Å². The average Bonchev–Trinajstić information content (AvgIpc) is 1.51. The Morgan fingerprint density at radius 3 is 1.41 bits per heavy atom. The Kier molecular flexibility index (Phi) is 35.7. The summed E-state index contributed by atoms with van der Waals surface area (Å²) in [5, 5.41) is 53.2. The molecule has 22 nitrogen and oxygen atoms in total. The van der Waals surface area contributed by atoms with Gasteiger partial charge in [0, 0.05) is 52.8 Å². The van der Waals surface area contributed by atoms with Crippen molar-refractivity contribution >= 4 is 171 Å². The monoisotopic (exact) mass is 1550 g/mol. The van der Waals surface area contributed by atoms with E-state index in [1.54, 1.807) is 80.6 Å². The molecule has 0 amide bonds. The number of aromatic amines is 1. The number of aryl methyl sites for hydroxylation is 3. The van der Waals surface area contributed by atoms with E-state index in [4.69, 9.17) is 86.5 Å². The number of phenols is 1. The van der Waals surface area contributed by atoms with Gasteiger partial charge in [0.1, 0.15) is 43.9 Å². The molecule has 0 unspecified atom stereocenters. The second-order valence-electron chi connectivity index (χ2n) is 26.6. The van der Waals surface area contributed by atoms with Crippen molar-refractivity contribution in [1.29, 1.82) is 0 Å². The molecule has 530 valence electrons. The van der Waals surface area contributed by atoms with E-state index in [0.29, 0.717) is 32.2 Å². The number of benzene rings is 5. The van der Waals surface area contributed by atoms with Gasteiger partial charge in [-0.2, -0.15) is 0 Å². The quantitative estimate of drug-likeness (QED) is 0.0237. The minimum atomic E-state index is -1.94. The number of carbonyl (C=O) groups is 4. The third kappa shape index (κ3) is 30.1. The smallest absolute Gasteiger partial charge is 1.00 e. The normalized spacial score (nSPS) is 11.1. The molecule has 0 saturated carbocycles. The van der Waals surface area contributed by atoms with Crippen LogP contribution in [0.2, 0.25) is 43.2 Å². The molecule has 3 aromatic heterocycles. The van der Waals surface area contributed by atoms with E-state index in [0.717, 1.165) is 43.8 Å². The predicted octanol–water partition coefficient (Wildman–Crippen LogP) is 16.3. The summed E-state index contributed by atoms with van der Waals surface area (Å²) in [4.78, 5) is 69.2. The van der Waals surface area contributed by atoms with Crippen LogP contribution in [0.3, 0.4) is 0 Å². The van der Waals surface area contributed by atoms with Crippen LogP contribution in [0.25, 0.3) is 32.7 Å². The molecular weight excluding hydrogens is 1470 g/mol. The largest absolute Gasteiger partial charge is 2.00 e. The number of fused-ring (bicyclic) bond motifs is 3. The molecule has 0 atom stereocenters. The summed E-state index contributed by atoms with van der Waals surface area (Å²) < 4.78 is 33.0. The standard InChI is InChI=1S/C14H17BClNO4.C14H16ClNO2.C12H18ClNO3Si.C10H18O5.C9H8ClN.C6H4ClNO3.C2H3.BrH.Mg/c1-8-5-9-7-11(15(19)20)17(12(9)10(16)6-8)13(18)21-14(2,3)4;1-9-7-10-5-6-16(12(10)11(15)8-9)13(17)18-14(2,3)4;1-12(2,3)18(4,5)17-9-6-7-11(14(15)16)10(13)8-9;1-9(2,3)14-7(11)13-8(12)15-10(4,5)6;1-6-4-7-2-3-11-9(7)8(10)5-6;7-5-3-4(9)1-2-6(5)8(10)11;1-2;;/h5-7,19-20H,1-4H3;5-8H,1-4H3;6-8H,1-5H3;1-6H3;2-5,11H,1H3;1-3,9H;1H,2H2;1H;/q;;;;;;-1;;+2/p-1. The van der Waals surface area contributed by atoms with Crippen molar-refractivity contribution in [1.82, 2.24) is 14.1 Å². The maximum Gasteiger partial charge on any atom is 2.00 e. The average molecular weight is 1550 g/mol. The first kappa shape index (κ1) is 91.4. The van der Waals surface area contributed by atoms with Crippen molar-refractivity contribution in [3.63, 3.8) is 0 Å².